The molecule has 0 aliphatic rings. The summed E-state index contributed by atoms with van der Waals surface area (Å²) in [7, 11) is 2.55. The SMILES string of the molecule is COC(=O)[C@@H](CC(=O)[C@@H](OC(C)=O)[C@@H](Cc1ccc(Br)cc1)NC(C)=O)CC(C)C.COC(=O)[C@@H](CC(=O)[C@@H](OC(C)=O)[C@@H](Cc1ccccc1)NC(C)=O)CC(C)C. The normalized spacial score (nSPS) is 13.8. The van der Waals surface area contributed by atoms with Crippen LogP contribution < -0.4 is 10.6 Å². The fourth-order valence-electron chi connectivity index (χ4n) is 6.55. The van der Waals surface area contributed by atoms with Crippen LogP contribution in [0.1, 0.15) is 92.2 Å². The van der Waals surface area contributed by atoms with Crippen LogP contribution in [0.25, 0.3) is 0 Å². The summed E-state index contributed by atoms with van der Waals surface area (Å²) >= 11 is 3.37. The van der Waals surface area contributed by atoms with Crippen LogP contribution in [0.3, 0.4) is 0 Å². The van der Waals surface area contributed by atoms with Gasteiger partial charge in [-0.2, -0.15) is 0 Å². The molecular formula is C44H61BrN2O12. The zero-order chi connectivity index (χ0) is 44.8. The number of halogens is 1. The van der Waals surface area contributed by atoms with Crippen LogP contribution in [-0.4, -0.2) is 85.8 Å². The molecule has 2 aromatic rings. The van der Waals surface area contributed by atoms with E-state index in [1.807, 2.05) is 82.3 Å². The van der Waals surface area contributed by atoms with Crippen LogP contribution in [0.15, 0.2) is 59.1 Å². The quantitative estimate of drug-likeness (QED) is 0.109. The van der Waals surface area contributed by atoms with Crippen LogP contribution >= 0.6 is 15.9 Å². The highest BCUT2D eigenvalue weighted by Gasteiger charge is 2.37. The van der Waals surface area contributed by atoms with E-state index in [1.54, 1.807) is 0 Å². The molecule has 0 bridgehead atoms. The molecule has 0 aliphatic carbocycles. The molecule has 2 N–H and O–H groups in total. The van der Waals surface area contributed by atoms with Gasteiger partial charge in [-0.15, -0.1) is 0 Å². The standard InChI is InChI=1S/C22H30BrNO6.C22H31NO6/c1-13(2)10-17(22(28)29-5)12-20(27)21(30-15(4)26)19(24-14(3)25)11-16-6-8-18(23)9-7-16;1-14(2)11-18(22(27)28-5)13-20(26)21(29-16(4)25)19(23-15(3)24)12-17-9-7-6-8-10-17/h6-9,13,17,19,21H,10-12H2,1-5H3,(H,24,25);6-10,14,18-19,21H,11-13H2,1-5H3,(H,23,24)/t17-,19-,21+;18-,19-,21+/m11/s1. The Morgan fingerprint density at radius 1 is 0.559 bits per heavy atom. The summed E-state index contributed by atoms with van der Waals surface area (Å²) in [6.45, 7) is 12.9. The summed E-state index contributed by atoms with van der Waals surface area (Å²) in [5.41, 5.74) is 1.73. The van der Waals surface area contributed by atoms with E-state index in [2.05, 4.69) is 26.6 Å². The van der Waals surface area contributed by atoms with Gasteiger partial charge in [-0.1, -0.05) is 86.1 Å². The van der Waals surface area contributed by atoms with Crippen molar-refractivity contribution >= 4 is 63.2 Å². The first kappa shape index (κ1) is 52.1. The molecular weight excluding hydrogens is 828 g/mol. The summed E-state index contributed by atoms with van der Waals surface area (Å²) in [6, 6.07) is 15.2. The predicted molar refractivity (Wildman–Crippen MR) is 223 cm³/mol. The molecule has 0 spiro atoms. The molecule has 0 saturated heterocycles. The van der Waals surface area contributed by atoms with Gasteiger partial charge in [-0.25, -0.2) is 0 Å². The van der Waals surface area contributed by atoms with Crippen molar-refractivity contribution in [2.75, 3.05) is 14.2 Å². The van der Waals surface area contributed by atoms with E-state index in [0.29, 0.717) is 19.3 Å². The molecule has 0 aromatic heterocycles. The van der Waals surface area contributed by atoms with E-state index in [0.717, 1.165) is 15.6 Å². The maximum atomic E-state index is 13.1. The highest BCUT2D eigenvalue weighted by Crippen LogP contribution is 2.23. The second kappa shape index (κ2) is 27.0. The molecule has 2 aromatic carbocycles. The molecule has 0 saturated carbocycles. The first-order valence-electron chi connectivity index (χ1n) is 19.5. The van der Waals surface area contributed by atoms with Crippen LogP contribution in [0.2, 0.25) is 0 Å². The van der Waals surface area contributed by atoms with Crippen molar-refractivity contribution in [1.29, 1.82) is 0 Å². The van der Waals surface area contributed by atoms with Crippen molar-refractivity contribution in [3.63, 3.8) is 0 Å². The lowest BCUT2D eigenvalue weighted by molar-refractivity contribution is -0.157. The van der Waals surface area contributed by atoms with Gasteiger partial charge in [0.25, 0.3) is 0 Å². The zero-order valence-corrected chi connectivity index (χ0v) is 37.4. The maximum Gasteiger partial charge on any atom is 0.309 e. The molecule has 2 amide bonds. The number of ketones is 2. The van der Waals surface area contributed by atoms with Crippen molar-refractivity contribution in [3.8, 4) is 0 Å². The zero-order valence-electron chi connectivity index (χ0n) is 35.8. The van der Waals surface area contributed by atoms with Crippen molar-refractivity contribution in [2.45, 2.75) is 118 Å². The molecule has 2 rings (SSSR count). The fourth-order valence-corrected chi connectivity index (χ4v) is 6.81. The van der Waals surface area contributed by atoms with Crippen LogP contribution in [0.5, 0.6) is 0 Å². The lowest BCUT2D eigenvalue weighted by Crippen LogP contribution is -2.50. The highest BCUT2D eigenvalue weighted by atomic mass is 79.9. The second-order valence-electron chi connectivity index (χ2n) is 15.2. The van der Waals surface area contributed by atoms with Gasteiger partial charge in [0.05, 0.1) is 38.1 Å². The Labute approximate surface area is 356 Å². The number of carbonyl (C=O) groups is 8. The van der Waals surface area contributed by atoms with Crippen molar-refractivity contribution < 1.29 is 57.3 Å². The molecule has 14 nitrogen and oxygen atoms in total. The Morgan fingerprint density at radius 3 is 1.22 bits per heavy atom. The minimum atomic E-state index is -1.21. The molecule has 59 heavy (non-hydrogen) atoms. The number of rotatable bonds is 22. The number of hydrogen-bond donors (Lipinski definition) is 2. The number of Topliss-reactive ketones (excluding diaryl/α,β-unsaturated/α-hetero) is 2. The first-order chi connectivity index (χ1) is 27.7. The Balaban J connectivity index is 0.000000590. The van der Waals surface area contributed by atoms with Gasteiger partial charge in [0.15, 0.2) is 23.8 Å². The molecule has 6 atom stereocenters. The number of ether oxygens (including phenoxy) is 4. The van der Waals surface area contributed by atoms with Gasteiger partial charge in [-0.05, 0) is 60.8 Å². The van der Waals surface area contributed by atoms with Crippen molar-refractivity contribution in [1.82, 2.24) is 10.6 Å². The van der Waals surface area contributed by atoms with Crippen molar-refractivity contribution in [2.24, 2.45) is 23.7 Å². The monoisotopic (exact) mass is 888 g/mol. The van der Waals surface area contributed by atoms with E-state index in [4.69, 9.17) is 18.9 Å². The van der Waals surface area contributed by atoms with Gasteiger partial charge >= 0.3 is 23.9 Å². The van der Waals surface area contributed by atoms with E-state index in [1.165, 1.54) is 41.9 Å². The summed E-state index contributed by atoms with van der Waals surface area (Å²) in [4.78, 5) is 97.4. The molecule has 0 fully saturated rings. The van der Waals surface area contributed by atoms with Gasteiger partial charge < -0.3 is 29.6 Å². The summed E-state index contributed by atoms with van der Waals surface area (Å²) in [5.74, 6) is -4.73. The van der Waals surface area contributed by atoms with Crippen LogP contribution in [-0.2, 0) is 70.1 Å². The molecule has 0 heterocycles. The third-order valence-electron chi connectivity index (χ3n) is 8.87. The highest BCUT2D eigenvalue weighted by molar-refractivity contribution is 9.10. The molecule has 0 unspecified atom stereocenters. The minimum Gasteiger partial charge on any atom is -0.469 e. The van der Waals surface area contributed by atoms with E-state index in [-0.39, 0.29) is 42.9 Å². The van der Waals surface area contributed by atoms with E-state index >= 15 is 0 Å². The topological polar surface area (TPSA) is 198 Å². The van der Waals surface area contributed by atoms with Gasteiger partial charge in [0, 0.05) is 45.0 Å². The Morgan fingerprint density at radius 2 is 0.915 bits per heavy atom. The number of methoxy groups -OCH3 is 2. The van der Waals surface area contributed by atoms with Crippen LogP contribution in [0, 0.1) is 23.7 Å². The van der Waals surface area contributed by atoms with Gasteiger partial charge in [0.1, 0.15) is 0 Å². The lowest BCUT2D eigenvalue weighted by atomic mass is 9.88. The average Bonchev–Trinajstić information content (AvgIpc) is 3.14. The minimum absolute atomic E-state index is 0.131. The number of amides is 2. The number of esters is 4. The number of benzene rings is 2. The smallest absolute Gasteiger partial charge is 0.309 e. The largest absolute Gasteiger partial charge is 0.469 e. The van der Waals surface area contributed by atoms with E-state index < -0.39 is 71.6 Å². The number of carbonyl (C=O) groups excluding carboxylic acids is 8. The number of hydrogen-bond acceptors (Lipinski definition) is 12. The molecule has 0 aliphatic heterocycles. The Hall–Kier alpha value is -4.92. The van der Waals surface area contributed by atoms with Crippen LogP contribution in [0.4, 0.5) is 0 Å². The molecule has 0 radical (unpaired) electrons. The summed E-state index contributed by atoms with van der Waals surface area (Å²) in [5, 5.41) is 5.44. The van der Waals surface area contributed by atoms with E-state index in [9.17, 15) is 38.4 Å². The Kier molecular flexibility index (Phi) is 23.8. The van der Waals surface area contributed by atoms with Gasteiger partial charge in [0.2, 0.25) is 11.8 Å². The summed E-state index contributed by atoms with van der Waals surface area (Å²) in [6.07, 6.45) is -1.17. The predicted octanol–water partition coefficient (Wildman–Crippen LogP) is 5.68. The number of nitrogens with one attached hydrogen (secondary N) is 2. The maximum absolute atomic E-state index is 13.1. The fraction of sp³-hybridized carbons (Fsp3) is 0.545. The lowest BCUT2D eigenvalue weighted by Gasteiger charge is -2.28. The third-order valence-corrected chi connectivity index (χ3v) is 9.40. The summed E-state index contributed by atoms with van der Waals surface area (Å²) < 4.78 is 21.2. The first-order valence-corrected chi connectivity index (χ1v) is 20.3. The third kappa shape index (κ3) is 21.1. The average molecular weight is 890 g/mol. The Bertz CT molecular complexity index is 1700. The van der Waals surface area contributed by atoms with Crippen molar-refractivity contribution in [3.05, 3.63) is 70.2 Å². The second-order valence-corrected chi connectivity index (χ2v) is 16.2. The van der Waals surface area contributed by atoms with Gasteiger partial charge in [-0.3, -0.25) is 38.4 Å². The molecule has 15 heteroatoms. The molecule has 326 valence electrons.